The lowest BCUT2D eigenvalue weighted by Crippen LogP contribution is -2.36. The van der Waals surface area contributed by atoms with E-state index in [2.05, 4.69) is 40.8 Å². The minimum atomic E-state index is -0.146. The van der Waals surface area contributed by atoms with Crippen LogP contribution >= 0.6 is 11.6 Å². The monoisotopic (exact) mass is 459 g/mol. The highest BCUT2D eigenvalue weighted by Gasteiger charge is 2.25. The minimum Gasteiger partial charge on any atom is -0.494 e. The van der Waals surface area contributed by atoms with Crippen molar-refractivity contribution in [3.8, 4) is 5.75 Å². The summed E-state index contributed by atoms with van der Waals surface area (Å²) in [7, 11) is 0. The Morgan fingerprint density at radius 3 is 2.62 bits per heavy atom. The number of carbonyl (C=O) groups excluding carboxylic acids is 1. The maximum atomic E-state index is 11.6. The molecule has 0 bridgehead atoms. The predicted octanol–water partition coefficient (Wildman–Crippen LogP) is 5.26. The van der Waals surface area contributed by atoms with E-state index in [0.29, 0.717) is 42.9 Å². The Morgan fingerprint density at radius 1 is 1.25 bits per heavy atom. The van der Waals surface area contributed by atoms with Crippen LogP contribution in [0.4, 0.5) is 5.95 Å². The van der Waals surface area contributed by atoms with E-state index in [1.165, 1.54) is 0 Å². The molecule has 1 atom stereocenters. The zero-order chi connectivity index (χ0) is 22.9. The first-order valence-corrected chi connectivity index (χ1v) is 11.9. The van der Waals surface area contributed by atoms with Crippen molar-refractivity contribution in [1.82, 2.24) is 9.97 Å². The molecule has 2 heterocycles. The first-order valence-electron chi connectivity index (χ1n) is 11.6. The molecule has 1 saturated heterocycles. The molecule has 0 unspecified atom stereocenters. The molecular formula is C25H34ClN3O3. The third-order valence-corrected chi connectivity index (χ3v) is 6.49. The number of hydrogen-bond donors (Lipinski definition) is 0. The summed E-state index contributed by atoms with van der Waals surface area (Å²) in [5, 5.41) is 0.568. The second kappa shape index (κ2) is 12.0. The molecule has 1 aromatic heterocycles. The van der Waals surface area contributed by atoms with Crippen molar-refractivity contribution in [2.24, 2.45) is 11.8 Å². The lowest BCUT2D eigenvalue weighted by Gasteiger charge is -2.34. The number of aryl methyl sites for hydroxylation is 2. The van der Waals surface area contributed by atoms with Gasteiger partial charge in [-0.25, -0.2) is 9.97 Å². The normalized spacial score (nSPS) is 15.4. The number of esters is 1. The molecule has 1 fully saturated rings. The van der Waals surface area contributed by atoms with E-state index in [-0.39, 0.29) is 5.97 Å². The molecule has 2 aromatic rings. The average molecular weight is 460 g/mol. The quantitative estimate of drug-likeness (QED) is 0.452. The molecule has 3 rings (SSSR count). The Balaban J connectivity index is 1.39. The van der Waals surface area contributed by atoms with Crippen molar-refractivity contribution >= 4 is 23.5 Å². The number of carbonyl (C=O) groups is 1. The van der Waals surface area contributed by atoms with Gasteiger partial charge in [-0.05, 0) is 74.6 Å². The SMILES string of the molecule is CCOC(=O)CCc1ccc(OCC[C@@H](C)C2CCN(c3ncc(Cl)cn3)CC2)cc1C. The summed E-state index contributed by atoms with van der Waals surface area (Å²) in [5.74, 6) is 2.81. The fourth-order valence-corrected chi connectivity index (χ4v) is 4.34. The number of ether oxygens (including phenoxy) is 2. The molecule has 0 spiro atoms. The highest BCUT2D eigenvalue weighted by atomic mass is 35.5. The number of halogens is 1. The second-order valence-corrected chi connectivity index (χ2v) is 8.97. The van der Waals surface area contributed by atoms with Gasteiger partial charge in [0.1, 0.15) is 5.75 Å². The third-order valence-electron chi connectivity index (χ3n) is 6.29. The van der Waals surface area contributed by atoms with Gasteiger partial charge >= 0.3 is 5.97 Å². The summed E-state index contributed by atoms with van der Waals surface area (Å²) in [4.78, 5) is 22.5. The number of hydrogen-bond acceptors (Lipinski definition) is 6. The predicted molar refractivity (Wildman–Crippen MR) is 127 cm³/mol. The van der Waals surface area contributed by atoms with Gasteiger partial charge in [-0.3, -0.25) is 4.79 Å². The van der Waals surface area contributed by atoms with Gasteiger partial charge in [0.15, 0.2) is 0 Å². The summed E-state index contributed by atoms with van der Waals surface area (Å²) in [6, 6.07) is 6.13. The Hall–Kier alpha value is -2.34. The van der Waals surface area contributed by atoms with E-state index in [0.717, 1.165) is 55.2 Å². The first-order chi connectivity index (χ1) is 15.5. The summed E-state index contributed by atoms with van der Waals surface area (Å²) in [5.41, 5.74) is 2.31. The number of rotatable bonds is 10. The Labute approximate surface area is 196 Å². The Kier molecular flexibility index (Phi) is 9.15. The van der Waals surface area contributed by atoms with Crippen molar-refractivity contribution in [3.05, 3.63) is 46.7 Å². The second-order valence-electron chi connectivity index (χ2n) is 8.53. The van der Waals surface area contributed by atoms with Gasteiger partial charge in [0, 0.05) is 19.5 Å². The smallest absolute Gasteiger partial charge is 0.306 e. The molecule has 0 amide bonds. The maximum Gasteiger partial charge on any atom is 0.306 e. The number of nitrogens with zero attached hydrogens (tertiary/aromatic N) is 3. The molecular weight excluding hydrogens is 426 g/mol. The molecule has 1 aliphatic rings. The van der Waals surface area contributed by atoms with Gasteiger partial charge in [0.25, 0.3) is 0 Å². The maximum absolute atomic E-state index is 11.6. The van der Waals surface area contributed by atoms with Gasteiger partial charge in [-0.15, -0.1) is 0 Å². The summed E-state index contributed by atoms with van der Waals surface area (Å²) in [6.45, 7) is 9.31. The van der Waals surface area contributed by atoms with Crippen molar-refractivity contribution in [1.29, 1.82) is 0 Å². The number of benzene rings is 1. The standard InChI is InChI=1S/C25H34ClN3O3/c1-4-31-24(30)8-6-20-5-7-23(15-19(20)3)32-14-11-18(2)21-9-12-29(13-10-21)25-27-16-22(26)17-28-25/h5,7,15-18,21H,4,6,8-14H2,1-3H3/t18-/m1/s1. The van der Waals surface area contributed by atoms with Crippen LogP contribution in [-0.2, 0) is 16.0 Å². The molecule has 0 saturated carbocycles. The van der Waals surface area contributed by atoms with Gasteiger partial charge in [-0.1, -0.05) is 24.6 Å². The summed E-state index contributed by atoms with van der Waals surface area (Å²) >= 11 is 5.89. The zero-order valence-corrected chi connectivity index (χ0v) is 20.1. The molecule has 0 radical (unpaired) electrons. The Morgan fingerprint density at radius 2 is 1.97 bits per heavy atom. The van der Waals surface area contributed by atoms with Crippen LogP contribution in [0.3, 0.4) is 0 Å². The topological polar surface area (TPSA) is 64.6 Å². The van der Waals surface area contributed by atoms with E-state index < -0.39 is 0 Å². The van der Waals surface area contributed by atoms with Crippen LogP contribution in [0.25, 0.3) is 0 Å². The van der Waals surface area contributed by atoms with E-state index in [9.17, 15) is 4.79 Å². The minimum absolute atomic E-state index is 0.146. The van der Waals surface area contributed by atoms with Gasteiger partial charge < -0.3 is 14.4 Å². The number of anilines is 1. The van der Waals surface area contributed by atoms with Crippen molar-refractivity contribution < 1.29 is 14.3 Å². The van der Waals surface area contributed by atoms with Crippen molar-refractivity contribution in [2.75, 3.05) is 31.2 Å². The molecule has 0 aliphatic carbocycles. The molecule has 174 valence electrons. The van der Waals surface area contributed by atoms with E-state index in [1.54, 1.807) is 12.4 Å². The molecule has 32 heavy (non-hydrogen) atoms. The van der Waals surface area contributed by atoms with Crippen molar-refractivity contribution in [3.63, 3.8) is 0 Å². The van der Waals surface area contributed by atoms with Crippen LogP contribution in [0.1, 0.15) is 50.7 Å². The van der Waals surface area contributed by atoms with E-state index in [4.69, 9.17) is 21.1 Å². The van der Waals surface area contributed by atoms with Gasteiger partial charge in [0.05, 0.1) is 30.6 Å². The molecule has 6 nitrogen and oxygen atoms in total. The summed E-state index contributed by atoms with van der Waals surface area (Å²) < 4.78 is 11.0. The molecule has 1 aliphatic heterocycles. The van der Waals surface area contributed by atoms with Crippen LogP contribution in [-0.4, -0.2) is 42.2 Å². The fourth-order valence-electron chi connectivity index (χ4n) is 4.24. The lowest BCUT2D eigenvalue weighted by molar-refractivity contribution is -0.143. The number of aromatic nitrogens is 2. The highest BCUT2D eigenvalue weighted by molar-refractivity contribution is 6.30. The lowest BCUT2D eigenvalue weighted by atomic mass is 9.84. The van der Waals surface area contributed by atoms with E-state index in [1.807, 2.05) is 13.0 Å². The molecule has 1 aromatic carbocycles. The van der Waals surface area contributed by atoms with Gasteiger partial charge in [-0.2, -0.15) is 0 Å². The number of piperidine rings is 1. The molecule has 0 N–H and O–H groups in total. The molecule has 7 heteroatoms. The third kappa shape index (κ3) is 7.09. The summed E-state index contributed by atoms with van der Waals surface area (Å²) in [6.07, 6.45) is 7.74. The average Bonchev–Trinajstić information content (AvgIpc) is 2.79. The van der Waals surface area contributed by atoms with Gasteiger partial charge in [0.2, 0.25) is 5.95 Å². The largest absolute Gasteiger partial charge is 0.494 e. The van der Waals surface area contributed by atoms with Crippen LogP contribution in [0.15, 0.2) is 30.6 Å². The van der Waals surface area contributed by atoms with Crippen LogP contribution in [0.2, 0.25) is 5.02 Å². The van der Waals surface area contributed by atoms with Crippen LogP contribution < -0.4 is 9.64 Å². The Bertz CT molecular complexity index is 867. The zero-order valence-electron chi connectivity index (χ0n) is 19.3. The van der Waals surface area contributed by atoms with E-state index >= 15 is 0 Å². The highest BCUT2D eigenvalue weighted by Crippen LogP contribution is 2.29. The first kappa shape index (κ1) is 24.3. The van der Waals surface area contributed by atoms with Crippen LogP contribution in [0.5, 0.6) is 5.75 Å². The van der Waals surface area contributed by atoms with Crippen LogP contribution in [0, 0.1) is 18.8 Å². The fraction of sp³-hybridized carbons (Fsp3) is 0.560. The van der Waals surface area contributed by atoms with Crippen molar-refractivity contribution in [2.45, 2.75) is 52.9 Å².